The first-order valence-electron chi connectivity index (χ1n) is 11.4. The number of H-pyrrole nitrogens is 1. The number of hydrogen-bond acceptors (Lipinski definition) is 6. The number of carbonyl (C=O) groups is 1. The van der Waals surface area contributed by atoms with Crippen LogP contribution in [-0.2, 0) is 17.3 Å². The monoisotopic (exact) mass is 465 g/mol. The molecule has 2 aromatic carbocycles. The maximum atomic E-state index is 11.5. The van der Waals surface area contributed by atoms with Gasteiger partial charge in [-0.3, -0.25) is 19.0 Å². The van der Waals surface area contributed by atoms with Gasteiger partial charge in [-0.05, 0) is 55.7 Å². The first-order chi connectivity index (χ1) is 16.1. The van der Waals surface area contributed by atoms with Crippen LogP contribution in [0.5, 0.6) is 0 Å². The third kappa shape index (κ3) is 6.36. The van der Waals surface area contributed by atoms with Gasteiger partial charge in [-0.1, -0.05) is 18.2 Å². The van der Waals surface area contributed by atoms with E-state index < -0.39 is 10.8 Å². The number of carbonyl (C=O) groups excluding carboxylic acids is 1. The molecule has 1 aliphatic carbocycles. The average Bonchev–Trinajstić information content (AvgIpc) is 3.58. The van der Waals surface area contributed by atoms with Crippen molar-refractivity contribution in [3.05, 3.63) is 65.5 Å². The summed E-state index contributed by atoms with van der Waals surface area (Å²) in [7, 11) is 1.24. The molecule has 1 saturated heterocycles. The van der Waals surface area contributed by atoms with Crippen LogP contribution in [-0.4, -0.2) is 61.7 Å². The molecule has 8 heteroatoms. The summed E-state index contributed by atoms with van der Waals surface area (Å²) in [4.78, 5) is 17.5. The molecule has 2 N–H and O–H groups in total. The molecule has 174 valence electrons. The summed E-state index contributed by atoms with van der Waals surface area (Å²) in [6, 6.07) is 15.8. The Balaban J connectivity index is 0.000000157. The van der Waals surface area contributed by atoms with Crippen LogP contribution < -0.4 is 5.32 Å². The van der Waals surface area contributed by atoms with E-state index in [1.165, 1.54) is 12.8 Å². The van der Waals surface area contributed by atoms with Gasteiger partial charge in [-0.15, -0.1) is 0 Å². The lowest BCUT2D eigenvalue weighted by atomic mass is 10.1. The molecule has 2 atom stereocenters. The standard InChI is InChI=1S/C13H17NO2S.C12H14N4/c1-11-8-14(5-6-17(11)16)9-12-3-2-4-13(7-12)10-15;1-13-10-6-4-9(5-7-10)12-14-11(15-16-12)8-2-3-8/h2-4,7,10-11H,5-6,8-9H2,1H3;4-8,13H,2-3H2,1H3,(H,14,15,16). The molecule has 1 saturated carbocycles. The minimum Gasteiger partial charge on any atom is -0.388 e. The van der Waals surface area contributed by atoms with Gasteiger partial charge >= 0.3 is 0 Å². The highest BCUT2D eigenvalue weighted by Crippen LogP contribution is 2.38. The fraction of sp³-hybridized carbons (Fsp3) is 0.400. The summed E-state index contributed by atoms with van der Waals surface area (Å²) >= 11 is 0. The first kappa shape index (κ1) is 23.3. The SMILES string of the molecule is CC1CN(Cc2cccc(C=O)c2)CCS1=O.CNc1ccc(-c2n[nH]c(C3CC3)n2)cc1. The second-order valence-electron chi connectivity index (χ2n) is 8.64. The third-order valence-corrected chi connectivity index (χ3v) is 7.60. The molecule has 0 radical (unpaired) electrons. The normalized spacial score (nSPS) is 20.5. The molecule has 33 heavy (non-hydrogen) atoms. The minimum atomic E-state index is -0.667. The number of rotatable bonds is 6. The van der Waals surface area contributed by atoms with Crippen molar-refractivity contribution in [2.45, 2.75) is 37.5 Å². The second kappa shape index (κ2) is 10.9. The van der Waals surface area contributed by atoms with Gasteiger partial charge in [-0.25, -0.2) is 4.98 Å². The molecule has 1 aromatic heterocycles. The summed E-state index contributed by atoms with van der Waals surface area (Å²) in [5, 5.41) is 10.6. The molecule has 3 aromatic rings. The Kier molecular flexibility index (Phi) is 7.67. The molecular formula is C25H31N5O2S. The van der Waals surface area contributed by atoms with E-state index in [1.807, 2.05) is 62.5 Å². The molecule has 1 aliphatic heterocycles. The summed E-state index contributed by atoms with van der Waals surface area (Å²) in [5.41, 5.74) is 4.02. The van der Waals surface area contributed by atoms with E-state index in [0.29, 0.717) is 5.92 Å². The van der Waals surface area contributed by atoms with Crippen molar-refractivity contribution in [2.75, 3.05) is 31.2 Å². The fourth-order valence-corrected chi connectivity index (χ4v) is 5.07. The second-order valence-corrected chi connectivity index (χ2v) is 10.6. The van der Waals surface area contributed by atoms with Gasteiger partial charge < -0.3 is 5.32 Å². The van der Waals surface area contributed by atoms with Crippen LogP contribution in [0.2, 0.25) is 0 Å². The lowest BCUT2D eigenvalue weighted by Crippen LogP contribution is -2.42. The van der Waals surface area contributed by atoms with E-state index in [1.54, 1.807) is 0 Å². The molecule has 0 spiro atoms. The smallest absolute Gasteiger partial charge is 0.181 e. The van der Waals surface area contributed by atoms with Crippen molar-refractivity contribution in [2.24, 2.45) is 0 Å². The van der Waals surface area contributed by atoms with Crippen LogP contribution in [0.3, 0.4) is 0 Å². The highest BCUT2D eigenvalue weighted by molar-refractivity contribution is 7.85. The average molecular weight is 466 g/mol. The minimum absolute atomic E-state index is 0.248. The van der Waals surface area contributed by atoms with Crippen LogP contribution in [0.4, 0.5) is 5.69 Å². The van der Waals surface area contributed by atoms with Gasteiger partial charge in [0, 0.05) is 71.2 Å². The van der Waals surface area contributed by atoms with Crippen LogP contribution in [0, 0.1) is 0 Å². The van der Waals surface area contributed by atoms with Gasteiger partial charge in [0.05, 0.1) is 0 Å². The van der Waals surface area contributed by atoms with Crippen molar-refractivity contribution in [3.63, 3.8) is 0 Å². The Bertz CT molecular complexity index is 1090. The van der Waals surface area contributed by atoms with Crippen molar-refractivity contribution < 1.29 is 9.00 Å². The number of aldehydes is 1. The van der Waals surface area contributed by atoms with E-state index in [4.69, 9.17) is 0 Å². The van der Waals surface area contributed by atoms with E-state index in [9.17, 15) is 9.00 Å². The van der Waals surface area contributed by atoms with Crippen LogP contribution >= 0.6 is 0 Å². The highest BCUT2D eigenvalue weighted by Gasteiger charge is 2.27. The van der Waals surface area contributed by atoms with Crippen molar-refractivity contribution in [1.82, 2.24) is 20.1 Å². The number of aromatic nitrogens is 3. The zero-order chi connectivity index (χ0) is 23.2. The molecule has 2 fully saturated rings. The lowest BCUT2D eigenvalue weighted by Gasteiger charge is -2.30. The van der Waals surface area contributed by atoms with E-state index >= 15 is 0 Å². The Morgan fingerprint density at radius 1 is 1.21 bits per heavy atom. The number of benzene rings is 2. The predicted octanol–water partition coefficient (Wildman–Crippen LogP) is 3.84. The topological polar surface area (TPSA) is 91.0 Å². The number of anilines is 1. The van der Waals surface area contributed by atoms with Crippen LogP contribution in [0.15, 0.2) is 48.5 Å². The van der Waals surface area contributed by atoms with E-state index in [-0.39, 0.29) is 5.25 Å². The van der Waals surface area contributed by atoms with Crippen molar-refractivity contribution in [3.8, 4) is 11.4 Å². The van der Waals surface area contributed by atoms with Crippen molar-refractivity contribution >= 4 is 22.8 Å². The van der Waals surface area contributed by atoms with E-state index in [0.717, 1.165) is 65.7 Å². The third-order valence-electron chi connectivity index (χ3n) is 5.96. The summed E-state index contributed by atoms with van der Waals surface area (Å²) in [5.74, 6) is 3.21. The van der Waals surface area contributed by atoms with Gasteiger partial charge in [-0.2, -0.15) is 5.10 Å². The van der Waals surface area contributed by atoms with Gasteiger partial charge in [0.15, 0.2) is 5.82 Å². The Hall–Kier alpha value is -2.84. The Labute approximate surface area is 197 Å². The molecule has 2 unspecified atom stereocenters. The Morgan fingerprint density at radius 3 is 2.67 bits per heavy atom. The number of hydrogen-bond donors (Lipinski definition) is 2. The number of nitrogens with one attached hydrogen (secondary N) is 2. The number of aromatic amines is 1. The molecule has 0 amide bonds. The molecule has 0 bridgehead atoms. The maximum absolute atomic E-state index is 11.5. The zero-order valence-electron chi connectivity index (χ0n) is 19.2. The zero-order valence-corrected chi connectivity index (χ0v) is 20.0. The molecule has 2 heterocycles. The summed E-state index contributed by atoms with van der Waals surface area (Å²) < 4.78 is 11.5. The number of nitrogens with zero attached hydrogens (tertiary/aromatic N) is 3. The molecule has 5 rings (SSSR count). The summed E-state index contributed by atoms with van der Waals surface area (Å²) in [6.07, 6.45) is 3.36. The molecule has 2 aliphatic rings. The fourth-order valence-electron chi connectivity index (χ4n) is 3.85. The van der Waals surface area contributed by atoms with Gasteiger partial charge in [0.25, 0.3) is 0 Å². The van der Waals surface area contributed by atoms with Crippen LogP contribution in [0.25, 0.3) is 11.4 Å². The van der Waals surface area contributed by atoms with E-state index in [2.05, 4.69) is 25.4 Å². The maximum Gasteiger partial charge on any atom is 0.181 e. The summed E-state index contributed by atoms with van der Waals surface area (Å²) in [6.45, 7) is 4.62. The largest absolute Gasteiger partial charge is 0.388 e. The lowest BCUT2D eigenvalue weighted by molar-refractivity contribution is 0.112. The molecule has 7 nitrogen and oxygen atoms in total. The van der Waals surface area contributed by atoms with Gasteiger partial charge in [0.1, 0.15) is 12.1 Å². The Morgan fingerprint density at radius 2 is 2.00 bits per heavy atom. The highest BCUT2D eigenvalue weighted by atomic mass is 32.2. The van der Waals surface area contributed by atoms with Gasteiger partial charge in [0.2, 0.25) is 0 Å². The van der Waals surface area contributed by atoms with Crippen molar-refractivity contribution in [1.29, 1.82) is 0 Å². The predicted molar refractivity (Wildman–Crippen MR) is 133 cm³/mol. The van der Waals surface area contributed by atoms with Crippen LogP contribution in [0.1, 0.15) is 47.4 Å². The quantitative estimate of drug-likeness (QED) is 0.538. The molecular weight excluding hydrogens is 434 g/mol. The first-order valence-corrected chi connectivity index (χ1v) is 12.8.